The van der Waals surface area contributed by atoms with Crippen LogP contribution in [0.5, 0.6) is 0 Å². The van der Waals surface area contributed by atoms with Crippen molar-refractivity contribution >= 4 is 37.6 Å². The van der Waals surface area contributed by atoms with E-state index in [-0.39, 0.29) is 12.0 Å². The molecule has 14 heavy (non-hydrogen) atoms. The normalized spacial score (nSPS) is 18.4. The Morgan fingerprint density at radius 1 is 1.29 bits per heavy atom. The molecule has 0 spiro atoms. The van der Waals surface area contributed by atoms with Gasteiger partial charge in [-0.05, 0) is 11.6 Å². The predicted octanol–water partition coefficient (Wildman–Crippen LogP) is 3.19. The highest BCUT2D eigenvalue weighted by molar-refractivity contribution is 9.26. The molecule has 1 aromatic carbocycles. The van der Waals surface area contributed by atoms with E-state index >= 15 is 0 Å². The lowest BCUT2D eigenvalue weighted by molar-refractivity contribution is 0.0991. The Labute approximate surface area is 95.7 Å². The van der Waals surface area contributed by atoms with Crippen LogP contribution >= 0.6 is 31.9 Å². The number of benzene rings is 1. The average Bonchev–Trinajstić information content (AvgIpc) is 2.21. The highest BCUT2D eigenvalue weighted by Crippen LogP contribution is 2.42. The monoisotopic (exact) mass is 324 g/mol. The Morgan fingerprint density at radius 2 is 1.93 bits per heavy atom. The van der Waals surface area contributed by atoms with E-state index in [2.05, 4.69) is 31.9 Å². The summed E-state index contributed by atoms with van der Waals surface area (Å²) in [4.78, 5) is 11.6. The number of halogens is 4. The largest absolute Gasteiger partial charge is 0.291 e. The Morgan fingerprint density at radius 3 is 2.57 bits per heavy atom. The summed E-state index contributed by atoms with van der Waals surface area (Å²) >= 11 is 6.25. The molecule has 0 N–H and O–H groups in total. The molecule has 74 valence electrons. The van der Waals surface area contributed by atoms with Crippen LogP contribution in [0.3, 0.4) is 0 Å². The van der Waals surface area contributed by atoms with Gasteiger partial charge in [0.1, 0.15) is 14.9 Å². The first-order valence-corrected chi connectivity index (χ1v) is 5.41. The van der Waals surface area contributed by atoms with E-state index in [9.17, 15) is 13.6 Å². The molecular formula is C9H4Br2F2O. The van der Waals surface area contributed by atoms with Gasteiger partial charge in [-0.2, -0.15) is 0 Å². The molecule has 0 saturated heterocycles. The van der Waals surface area contributed by atoms with Crippen molar-refractivity contribution in [1.82, 2.24) is 0 Å². The lowest BCUT2D eigenvalue weighted by Gasteiger charge is -2.07. The molecule has 0 fully saturated rings. The van der Waals surface area contributed by atoms with Crippen molar-refractivity contribution in [2.45, 2.75) is 9.65 Å². The smallest absolute Gasteiger partial charge is 0.193 e. The van der Waals surface area contributed by atoms with Gasteiger partial charge in [0.25, 0.3) is 0 Å². The van der Waals surface area contributed by atoms with E-state index in [0.717, 1.165) is 6.07 Å². The van der Waals surface area contributed by atoms with E-state index in [1.165, 1.54) is 6.07 Å². The molecule has 2 rings (SSSR count). The van der Waals surface area contributed by atoms with E-state index in [0.29, 0.717) is 5.56 Å². The third-order valence-electron chi connectivity index (χ3n) is 2.11. The molecule has 0 atom stereocenters. The Kier molecular flexibility index (Phi) is 2.27. The van der Waals surface area contributed by atoms with Crippen molar-refractivity contribution in [3.8, 4) is 0 Å². The van der Waals surface area contributed by atoms with Crippen LogP contribution in [0.2, 0.25) is 0 Å². The van der Waals surface area contributed by atoms with Gasteiger partial charge in [-0.1, -0.05) is 31.9 Å². The number of rotatable bonds is 0. The molecule has 0 aliphatic heterocycles. The van der Waals surface area contributed by atoms with Crippen molar-refractivity contribution in [2.24, 2.45) is 0 Å². The first kappa shape index (κ1) is 10.2. The zero-order valence-corrected chi connectivity index (χ0v) is 9.95. The van der Waals surface area contributed by atoms with Gasteiger partial charge in [0.05, 0.1) is 5.56 Å². The van der Waals surface area contributed by atoms with Crippen LogP contribution in [0.15, 0.2) is 12.1 Å². The standard InChI is InChI=1S/C9H4Br2F2O/c10-9(11)3-4-1-5(12)2-6(13)7(4)8(9)14/h1-2H,3H2. The molecule has 0 saturated carbocycles. The minimum atomic E-state index is -0.975. The summed E-state index contributed by atoms with van der Waals surface area (Å²) in [6.07, 6.45) is 0.246. The molecule has 0 amide bonds. The van der Waals surface area contributed by atoms with Crippen LogP contribution in [0.25, 0.3) is 0 Å². The quantitative estimate of drug-likeness (QED) is 0.670. The zero-order chi connectivity index (χ0) is 10.5. The lowest BCUT2D eigenvalue weighted by atomic mass is 10.1. The van der Waals surface area contributed by atoms with Gasteiger partial charge in [0.15, 0.2) is 5.78 Å². The van der Waals surface area contributed by atoms with E-state index in [1.807, 2.05) is 0 Å². The fourth-order valence-corrected chi connectivity index (χ4v) is 2.52. The summed E-state index contributed by atoms with van der Waals surface area (Å²) in [5.41, 5.74) is 0.362. The van der Waals surface area contributed by atoms with Crippen LogP contribution in [0.1, 0.15) is 15.9 Å². The van der Waals surface area contributed by atoms with Crippen LogP contribution in [-0.2, 0) is 6.42 Å². The summed E-state index contributed by atoms with van der Waals surface area (Å²) in [5.74, 6) is -1.86. The van der Waals surface area contributed by atoms with Crippen LogP contribution < -0.4 is 0 Å². The Bertz CT molecular complexity index is 429. The van der Waals surface area contributed by atoms with Crippen molar-refractivity contribution in [3.05, 3.63) is 34.9 Å². The molecule has 0 radical (unpaired) electrons. The number of carbonyl (C=O) groups excluding carboxylic acids is 1. The second-order valence-corrected chi connectivity index (χ2v) is 6.90. The minimum Gasteiger partial charge on any atom is -0.291 e. The molecule has 0 heterocycles. The summed E-state index contributed by atoms with van der Waals surface area (Å²) in [7, 11) is 0. The first-order chi connectivity index (χ1) is 6.42. The Balaban J connectivity index is 2.66. The molecular weight excluding hydrogens is 322 g/mol. The lowest BCUT2D eigenvalue weighted by Crippen LogP contribution is -2.19. The van der Waals surface area contributed by atoms with Gasteiger partial charge in [0.2, 0.25) is 0 Å². The van der Waals surface area contributed by atoms with Gasteiger partial charge in [-0.25, -0.2) is 8.78 Å². The number of hydrogen-bond donors (Lipinski definition) is 0. The van der Waals surface area contributed by atoms with Crippen molar-refractivity contribution in [3.63, 3.8) is 0 Å². The summed E-state index contributed by atoms with van der Waals surface area (Å²) in [6.45, 7) is 0. The minimum absolute atomic E-state index is 0.0276. The topological polar surface area (TPSA) is 17.1 Å². The maximum atomic E-state index is 13.2. The predicted molar refractivity (Wildman–Crippen MR) is 55.0 cm³/mol. The number of alkyl halides is 2. The summed E-state index contributed by atoms with van der Waals surface area (Å²) in [6, 6.07) is 1.90. The summed E-state index contributed by atoms with van der Waals surface area (Å²) < 4.78 is 25.1. The molecule has 0 unspecified atom stereocenters. The molecule has 1 nitrogen and oxygen atoms in total. The zero-order valence-electron chi connectivity index (χ0n) is 6.78. The van der Waals surface area contributed by atoms with Gasteiger partial charge >= 0.3 is 0 Å². The maximum Gasteiger partial charge on any atom is 0.193 e. The molecule has 1 aromatic rings. The summed E-state index contributed by atoms with van der Waals surface area (Å²) in [5, 5.41) is 0. The molecule has 1 aliphatic carbocycles. The highest BCUT2D eigenvalue weighted by Gasteiger charge is 2.43. The second kappa shape index (κ2) is 3.10. The number of hydrogen-bond acceptors (Lipinski definition) is 1. The Hall–Kier alpha value is -0.290. The van der Waals surface area contributed by atoms with Crippen molar-refractivity contribution < 1.29 is 13.6 Å². The second-order valence-electron chi connectivity index (χ2n) is 3.13. The third-order valence-corrected chi connectivity index (χ3v) is 3.39. The molecule has 0 aromatic heterocycles. The van der Waals surface area contributed by atoms with Gasteiger partial charge in [-0.3, -0.25) is 4.79 Å². The number of ketones is 1. The number of carbonyl (C=O) groups is 1. The van der Waals surface area contributed by atoms with Gasteiger partial charge in [-0.15, -0.1) is 0 Å². The SMILES string of the molecule is O=C1c2c(F)cc(F)cc2CC1(Br)Br. The first-order valence-electron chi connectivity index (χ1n) is 3.82. The molecule has 5 heteroatoms. The van der Waals surface area contributed by atoms with Gasteiger partial charge in [0, 0.05) is 12.5 Å². The van der Waals surface area contributed by atoms with Gasteiger partial charge < -0.3 is 0 Å². The number of Topliss-reactive ketones (excluding diaryl/α,β-unsaturated/α-hetero) is 1. The van der Waals surface area contributed by atoms with Crippen molar-refractivity contribution in [2.75, 3.05) is 0 Å². The third kappa shape index (κ3) is 1.42. The van der Waals surface area contributed by atoms with Crippen LogP contribution in [0.4, 0.5) is 8.78 Å². The van der Waals surface area contributed by atoms with Crippen LogP contribution in [0, 0.1) is 11.6 Å². The molecule has 0 bridgehead atoms. The van der Waals surface area contributed by atoms with E-state index in [1.54, 1.807) is 0 Å². The number of fused-ring (bicyclic) bond motifs is 1. The average molecular weight is 326 g/mol. The van der Waals surface area contributed by atoms with E-state index in [4.69, 9.17) is 0 Å². The van der Waals surface area contributed by atoms with Crippen LogP contribution in [-0.4, -0.2) is 9.02 Å². The fourth-order valence-electron chi connectivity index (χ4n) is 1.52. The fraction of sp³-hybridized carbons (Fsp3) is 0.222. The highest BCUT2D eigenvalue weighted by atomic mass is 79.9. The maximum absolute atomic E-state index is 13.2. The van der Waals surface area contributed by atoms with Crippen molar-refractivity contribution in [1.29, 1.82) is 0 Å². The van der Waals surface area contributed by atoms with E-state index < -0.39 is 20.7 Å². The molecule has 1 aliphatic rings.